The van der Waals surface area contributed by atoms with Gasteiger partial charge in [0, 0.05) is 32.9 Å². The van der Waals surface area contributed by atoms with Crippen molar-refractivity contribution in [2.45, 2.75) is 0 Å². The molecular weight excluding hydrogens is 476 g/mol. The summed E-state index contributed by atoms with van der Waals surface area (Å²) < 4.78 is 11.3. The molecule has 9 rings (SSSR count). The Balaban J connectivity index is 1.43. The minimum Gasteiger partial charge on any atom is -0.456 e. The van der Waals surface area contributed by atoms with Gasteiger partial charge >= 0.3 is 0 Å². The van der Waals surface area contributed by atoms with Crippen LogP contribution in [0.25, 0.3) is 76.9 Å². The number of rotatable bonds is 2. The highest BCUT2D eigenvalue weighted by Gasteiger charge is 2.19. The second-order valence-corrected chi connectivity index (χ2v) is 10.2. The summed E-state index contributed by atoms with van der Waals surface area (Å²) in [5.41, 5.74) is 8.84. The molecule has 0 fully saturated rings. The van der Waals surface area contributed by atoms with Gasteiger partial charge in [-0.25, -0.2) is 0 Å². The molecule has 0 spiro atoms. The number of benzene rings is 6. The zero-order valence-electron chi connectivity index (χ0n) is 21.0. The first-order chi connectivity index (χ1) is 19.4. The average Bonchev–Trinajstić information content (AvgIpc) is 3.46. The van der Waals surface area contributed by atoms with Gasteiger partial charge in [0.1, 0.15) is 11.2 Å². The molecule has 0 unspecified atom stereocenters. The maximum absolute atomic E-state index is 6.53. The van der Waals surface area contributed by atoms with Crippen LogP contribution in [0.2, 0.25) is 0 Å². The minimum absolute atomic E-state index is 0.899. The zero-order valence-corrected chi connectivity index (χ0v) is 21.0. The fraction of sp³-hybridized carbons (Fsp3) is 0. The first-order valence-electron chi connectivity index (χ1n) is 13.3. The van der Waals surface area contributed by atoms with E-state index in [2.05, 4.69) is 137 Å². The summed E-state index contributed by atoms with van der Waals surface area (Å²) in [6, 6.07) is 47.5. The minimum atomic E-state index is 0.899. The van der Waals surface area contributed by atoms with Crippen molar-refractivity contribution >= 4 is 65.6 Å². The molecule has 3 nitrogen and oxygen atoms in total. The first-order valence-corrected chi connectivity index (χ1v) is 13.3. The molecule has 0 aliphatic heterocycles. The molecule has 6 aromatic carbocycles. The van der Waals surface area contributed by atoms with Gasteiger partial charge in [0.15, 0.2) is 0 Å². The maximum atomic E-state index is 6.53. The molecule has 0 saturated carbocycles. The van der Waals surface area contributed by atoms with Gasteiger partial charge in [-0.05, 0) is 66.0 Å². The molecule has 9 aromatic rings. The van der Waals surface area contributed by atoms with Crippen molar-refractivity contribution in [1.82, 2.24) is 9.13 Å². The fourth-order valence-corrected chi connectivity index (χ4v) is 6.52. The lowest BCUT2D eigenvalue weighted by Crippen LogP contribution is -1.95. The molecule has 0 bridgehead atoms. The van der Waals surface area contributed by atoms with Crippen molar-refractivity contribution in [3.8, 4) is 11.4 Å². The van der Waals surface area contributed by atoms with E-state index in [1.165, 1.54) is 43.8 Å². The predicted molar refractivity (Wildman–Crippen MR) is 162 cm³/mol. The van der Waals surface area contributed by atoms with E-state index < -0.39 is 0 Å². The quantitative estimate of drug-likeness (QED) is 0.233. The lowest BCUT2D eigenvalue weighted by molar-refractivity contribution is 0.664. The van der Waals surface area contributed by atoms with E-state index in [1.54, 1.807) is 0 Å². The Bertz CT molecular complexity index is 2390. The van der Waals surface area contributed by atoms with E-state index in [9.17, 15) is 0 Å². The van der Waals surface area contributed by atoms with Crippen LogP contribution >= 0.6 is 0 Å². The Hall–Kier alpha value is -5.28. The van der Waals surface area contributed by atoms with Crippen molar-refractivity contribution < 1.29 is 4.42 Å². The van der Waals surface area contributed by atoms with Crippen LogP contribution in [0.4, 0.5) is 0 Å². The smallest absolute Gasteiger partial charge is 0.137 e. The van der Waals surface area contributed by atoms with Gasteiger partial charge in [-0.15, -0.1) is 0 Å². The highest BCUT2D eigenvalue weighted by Crippen LogP contribution is 2.41. The lowest BCUT2D eigenvalue weighted by Gasteiger charge is -2.10. The number of hydrogen-bond donors (Lipinski definition) is 0. The summed E-state index contributed by atoms with van der Waals surface area (Å²) in [4.78, 5) is 0. The Morgan fingerprint density at radius 3 is 1.87 bits per heavy atom. The third-order valence-electron chi connectivity index (χ3n) is 8.10. The van der Waals surface area contributed by atoms with Crippen molar-refractivity contribution in [1.29, 1.82) is 0 Å². The summed E-state index contributed by atoms with van der Waals surface area (Å²) in [5, 5.41) is 7.21. The van der Waals surface area contributed by atoms with Gasteiger partial charge in [0.2, 0.25) is 0 Å². The molecule has 0 saturated heterocycles. The number of fused-ring (bicyclic) bond motifs is 5. The third kappa shape index (κ3) is 2.76. The zero-order chi connectivity index (χ0) is 25.5. The van der Waals surface area contributed by atoms with Crippen molar-refractivity contribution in [2.24, 2.45) is 0 Å². The van der Waals surface area contributed by atoms with Gasteiger partial charge in [0.05, 0.1) is 27.5 Å². The van der Waals surface area contributed by atoms with Crippen LogP contribution in [-0.2, 0) is 0 Å². The van der Waals surface area contributed by atoms with E-state index in [4.69, 9.17) is 4.42 Å². The number of nitrogens with zero attached hydrogens (tertiary/aromatic N) is 2. The first kappa shape index (κ1) is 20.7. The van der Waals surface area contributed by atoms with Gasteiger partial charge in [-0.2, -0.15) is 0 Å². The van der Waals surface area contributed by atoms with Crippen molar-refractivity contribution in [3.05, 3.63) is 133 Å². The average molecular weight is 499 g/mol. The van der Waals surface area contributed by atoms with E-state index in [-0.39, 0.29) is 0 Å². The number of para-hydroxylation sites is 3. The molecule has 0 radical (unpaired) electrons. The van der Waals surface area contributed by atoms with Crippen LogP contribution < -0.4 is 0 Å². The second-order valence-electron chi connectivity index (χ2n) is 10.2. The molecule has 0 aliphatic carbocycles. The SMILES string of the molecule is c1ccc(-n2c3ccccc3c3cc(-n4c5cccc6oc7ccccc7c7cccc4c7c65)ccc32)cc1. The van der Waals surface area contributed by atoms with Gasteiger partial charge < -0.3 is 13.6 Å². The molecule has 3 heterocycles. The van der Waals surface area contributed by atoms with Crippen LogP contribution in [0, 0.1) is 0 Å². The van der Waals surface area contributed by atoms with Crippen LogP contribution in [-0.4, -0.2) is 9.13 Å². The normalized spacial score (nSPS) is 12.1. The number of aromatic nitrogens is 2. The van der Waals surface area contributed by atoms with Crippen LogP contribution in [0.3, 0.4) is 0 Å². The van der Waals surface area contributed by atoms with Gasteiger partial charge in [-0.3, -0.25) is 0 Å². The van der Waals surface area contributed by atoms with Crippen LogP contribution in [0.5, 0.6) is 0 Å². The van der Waals surface area contributed by atoms with E-state index in [1.807, 2.05) is 6.07 Å². The largest absolute Gasteiger partial charge is 0.456 e. The summed E-state index contributed by atoms with van der Waals surface area (Å²) in [6.07, 6.45) is 0. The topological polar surface area (TPSA) is 23.0 Å². The van der Waals surface area contributed by atoms with Gasteiger partial charge in [0.25, 0.3) is 0 Å². The molecule has 0 amide bonds. The van der Waals surface area contributed by atoms with Gasteiger partial charge in [-0.1, -0.05) is 72.8 Å². The molecule has 3 heteroatoms. The van der Waals surface area contributed by atoms with E-state index in [0.29, 0.717) is 0 Å². The van der Waals surface area contributed by atoms with Crippen LogP contribution in [0.1, 0.15) is 0 Å². The standard InChI is InChI=1S/C36H22N2O/c1-2-10-23(11-3-1)37-29-15-6-4-12-25(29)28-22-24(20-21-30(28)37)38-31-16-8-14-27-26-13-5-7-18-33(26)39-34-19-9-17-32(38)36(34)35(27)31/h1-22H. The summed E-state index contributed by atoms with van der Waals surface area (Å²) >= 11 is 0. The molecule has 39 heavy (non-hydrogen) atoms. The molecule has 0 atom stereocenters. The van der Waals surface area contributed by atoms with E-state index >= 15 is 0 Å². The Morgan fingerprint density at radius 1 is 0.359 bits per heavy atom. The second kappa shape index (κ2) is 7.62. The van der Waals surface area contributed by atoms with Crippen LogP contribution in [0.15, 0.2) is 138 Å². The molecule has 0 N–H and O–H groups in total. The van der Waals surface area contributed by atoms with Crippen molar-refractivity contribution in [2.75, 3.05) is 0 Å². The monoisotopic (exact) mass is 498 g/mol. The Morgan fingerprint density at radius 2 is 0.974 bits per heavy atom. The fourth-order valence-electron chi connectivity index (χ4n) is 6.52. The Labute approximate surface area is 223 Å². The molecule has 182 valence electrons. The Kier molecular flexibility index (Phi) is 4.05. The molecular formula is C36H22N2O. The molecule has 3 aromatic heterocycles. The molecule has 0 aliphatic rings. The summed E-state index contributed by atoms with van der Waals surface area (Å²) in [5.74, 6) is 0. The maximum Gasteiger partial charge on any atom is 0.137 e. The van der Waals surface area contributed by atoms with E-state index in [0.717, 1.165) is 33.1 Å². The summed E-state index contributed by atoms with van der Waals surface area (Å²) in [7, 11) is 0. The number of hydrogen-bond acceptors (Lipinski definition) is 1. The highest BCUT2D eigenvalue weighted by atomic mass is 16.3. The summed E-state index contributed by atoms with van der Waals surface area (Å²) in [6.45, 7) is 0. The predicted octanol–water partition coefficient (Wildman–Crippen LogP) is 9.78. The lowest BCUT2D eigenvalue weighted by atomic mass is 10.1. The van der Waals surface area contributed by atoms with Crippen molar-refractivity contribution in [3.63, 3.8) is 0 Å². The third-order valence-corrected chi connectivity index (χ3v) is 8.10. The highest BCUT2D eigenvalue weighted by molar-refractivity contribution is 6.26.